The summed E-state index contributed by atoms with van der Waals surface area (Å²) in [4.78, 5) is 0. The zero-order valence-electron chi connectivity index (χ0n) is 10.6. The first-order valence-corrected chi connectivity index (χ1v) is 5.86. The summed E-state index contributed by atoms with van der Waals surface area (Å²) in [5.41, 5.74) is 8.38. The maximum absolute atomic E-state index is 13.3. The van der Waals surface area contributed by atoms with Crippen LogP contribution in [0.3, 0.4) is 0 Å². The molecule has 3 aromatic rings. The van der Waals surface area contributed by atoms with Crippen LogP contribution in [0.15, 0.2) is 28.8 Å². The zero-order chi connectivity index (χ0) is 13.6. The number of nitrogens with zero attached hydrogens (tertiary/aromatic N) is 3. The summed E-state index contributed by atoms with van der Waals surface area (Å²) in [6, 6.07) is 3.95. The number of fused-ring (bicyclic) bond motifs is 1. The Labute approximate surface area is 108 Å². The van der Waals surface area contributed by atoms with Crippen LogP contribution < -0.4 is 5.73 Å². The molecular formula is C13H13FN4O. The molecule has 6 heteroatoms. The fourth-order valence-corrected chi connectivity index (χ4v) is 2.22. The van der Waals surface area contributed by atoms with Gasteiger partial charge in [-0.2, -0.15) is 0 Å². The van der Waals surface area contributed by atoms with E-state index in [1.54, 1.807) is 24.0 Å². The fraction of sp³-hybridized carbons (Fsp3) is 0.231. The number of hydrogen-bond acceptors (Lipinski definition) is 4. The van der Waals surface area contributed by atoms with Crippen molar-refractivity contribution in [3.8, 4) is 0 Å². The Morgan fingerprint density at radius 3 is 2.89 bits per heavy atom. The van der Waals surface area contributed by atoms with Crippen molar-refractivity contribution < 1.29 is 8.81 Å². The van der Waals surface area contributed by atoms with Crippen LogP contribution in [-0.2, 0) is 7.05 Å². The van der Waals surface area contributed by atoms with Gasteiger partial charge in [-0.05, 0) is 25.1 Å². The highest BCUT2D eigenvalue weighted by atomic mass is 19.1. The smallest absolute Gasteiger partial charge is 0.134 e. The Balaban J connectivity index is 2.15. The summed E-state index contributed by atoms with van der Waals surface area (Å²) in [6.45, 7) is 1.87. The molecule has 19 heavy (non-hydrogen) atoms. The van der Waals surface area contributed by atoms with Crippen LogP contribution in [-0.4, -0.2) is 15.0 Å². The average molecular weight is 260 g/mol. The topological polar surface area (TPSA) is 69.9 Å². The third kappa shape index (κ3) is 1.80. The molecule has 2 N–H and O–H groups in total. The zero-order valence-corrected chi connectivity index (χ0v) is 10.6. The number of benzene rings is 1. The summed E-state index contributed by atoms with van der Waals surface area (Å²) in [6.07, 6.45) is 1.60. The number of rotatable bonds is 2. The van der Waals surface area contributed by atoms with Gasteiger partial charge < -0.3 is 10.2 Å². The van der Waals surface area contributed by atoms with Crippen molar-refractivity contribution in [2.45, 2.75) is 13.0 Å². The summed E-state index contributed by atoms with van der Waals surface area (Å²) in [5.74, 6) is 0.310. The van der Waals surface area contributed by atoms with E-state index >= 15 is 0 Å². The normalized spacial score (nSPS) is 13.1. The molecule has 0 aliphatic carbocycles. The summed E-state index contributed by atoms with van der Waals surface area (Å²) in [7, 11) is 1.76. The van der Waals surface area contributed by atoms with Gasteiger partial charge in [0.2, 0.25) is 0 Å². The lowest BCUT2D eigenvalue weighted by atomic mass is 10.1. The van der Waals surface area contributed by atoms with Crippen LogP contribution in [0.1, 0.15) is 23.1 Å². The van der Waals surface area contributed by atoms with Crippen LogP contribution in [0, 0.1) is 12.7 Å². The third-order valence-corrected chi connectivity index (χ3v) is 3.29. The van der Waals surface area contributed by atoms with Gasteiger partial charge in [0.15, 0.2) is 0 Å². The lowest BCUT2D eigenvalue weighted by molar-refractivity contribution is 0.504. The predicted octanol–water partition coefficient (Wildman–Crippen LogP) is 2.06. The molecule has 0 spiro atoms. The molecule has 1 aromatic carbocycles. The molecular weight excluding hydrogens is 247 g/mol. The lowest BCUT2D eigenvalue weighted by Gasteiger charge is -2.09. The first kappa shape index (κ1) is 11.9. The number of hydrogen-bond donors (Lipinski definition) is 1. The molecule has 0 saturated carbocycles. The average Bonchev–Trinajstić information content (AvgIpc) is 2.94. The number of nitrogens with two attached hydrogens (primary N) is 1. The Kier molecular flexibility index (Phi) is 2.60. The summed E-state index contributed by atoms with van der Waals surface area (Å²) in [5, 5.41) is 8.38. The Hall–Kier alpha value is -2.21. The van der Waals surface area contributed by atoms with E-state index in [2.05, 4.69) is 10.3 Å². The van der Waals surface area contributed by atoms with E-state index in [0.29, 0.717) is 11.3 Å². The van der Waals surface area contributed by atoms with Crippen molar-refractivity contribution >= 4 is 11.0 Å². The summed E-state index contributed by atoms with van der Waals surface area (Å²) < 4.78 is 20.6. The second-order valence-electron chi connectivity index (χ2n) is 4.49. The molecule has 3 rings (SSSR count). The van der Waals surface area contributed by atoms with E-state index in [0.717, 1.165) is 16.6 Å². The first-order chi connectivity index (χ1) is 9.08. The van der Waals surface area contributed by atoms with Gasteiger partial charge >= 0.3 is 0 Å². The van der Waals surface area contributed by atoms with Crippen molar-refractivity contribution in [1.29, 1.82) is 0 Å². The number of halogens is 1. The molecule has 0 bridgehead atoms. The van der Waals surface area contributed by atoms with E-state index in [1.807, 2.05) is 6.92 Å². The molecule has 98 valence electrons. The molecule has 0 saturated heterocycles. The summed E-state index contributed by atoms with van der Waals surface area (Å²) >= 11 is 0. The molecule has 0 aliphatic rings. The molecule has 0 amide bonds. The van der Waals surface area contributed by atoms with Crippen LogP contribution in [0.5, 0.6) is 0 Å². The Morgan fingerprint density at radius 2 is 2.21 bits per heavy atom. The van der Waals surface area contributed by atoms with E-state index in [-0.39, 0.29) is 5.82 Å². The lowest BCUT2D eigenvalue weighted by Crippen LogP contribution is -2.16. The maximum Gasteiger partial charge on any atom is 0.134 e. The predicted molar refractivity (Wildman–Crippen MR) is 67.9 cm³/mol. The van der Waals surface area contributed by atoms with Gasteiger partial charge in [-0.25, -0.2) is 4.39 Å². The number of aromatic nitrogens is 3. The molecule has 2 heterocycles. The fourth-order valence-electron chi connectivity index (χ4n) is 2.22. The molecule has 5 nitrogen and oxygen atoms in total. The standard InChI is InChI=1S/C13H13FN4O/c1-7-9-5-8(14)3-4-11(9)19-13(7)12(15)10-6-16-17-18(10)2/h3-6,12H,15H2,1-2H3. The highest BCUT2D eigenvalue weighted by Crippen LogP contribution is 2.31. The van der Waals surface area contributed by atoms with Crippen molar-refractivity contribution in [3.05, 3.63) is 47.2 Å². The van der Waals surface area contributed by atoms with Gasteiger partial charge in [-0.1, -0.05) is 5.21 Å². The maximum atomic E-state index is 13.3. The quantitative estimate of drug-likeness (QED) is 0.765. The van der Waals surface area contributed by atoms with Crippen LogP contribution >= 0.6 is 0 Å². The van der Waals surface area contributed by atoms with Crippen molar-refractivity contribution in [3.63, 3.8) is 0 Å². The second kappa shape index (κ2) is 4.17. The second-order valence-corrected chi connectivity index (χ2v) is 4.49. The highest BCUT2D eigenvalue weighted by Gasteiger charge is 2.21. The van der Waals surface area contributed by atoms with E-state index in [4.69, 9.17) is 10.2 Å². The minimum absolute atomic E-state index is 0.293. The molecule has 2 aromatic heterocycles. The molecule has 0 radical (unpaired) electrons. The van der Waals surface area contributed by atoms with E-state index < -0.39 is 6.04 Å². The Morgan fingerprint density at radius 1 is 1.42 bits per heavy atom. The highest BCUT2D eigenvalue weighted by molar-refractivity contribution is 5.82. The van der Waals surface area contributed by atoms with Gasteiger partial charge in [-0.15, -0.1) is 5.10 Å². The van der Waals surface area contributed by atoms with E-state index in [9.17, 15) is 4.39 Å². The Bertz CT molecular complexity index is 746. The monoisotopic (exact) mass is 260 g/mol. The molecule has 0 aliphatic heterocycles. The number of furan rings is 1. The third-order valence-electron chi connectivity index (χ3n) is 3.29. The SMILES string of the molecule is Cc1c(C(N)c2cnnn2C)oc2ccc(F)cc12. The first-order valence-electron chi connectivity index (χ1n) is 5.86. The number of aryl methyl sites for hydroxylation is 2. The van der Waals surface area contributed by atoms with Gasteiger partial charge in [0.25, 0.3) is 0 Å². The van der Waals surface area contributed by atoms with Gasteiger partial charge in [-0.3, -0.25) is 4.68 Å². The minimum Gasteiger partial charge on any atom is -0.459 e. The van der Waals surface area contributed by atoms with Crippen LogP contribution in [0.4, 0.5) is 4.39 Å². The molecule has 1 unspecified atom stereocenters. The molecule has 0 fully saturated rings. The van der Waals surface area contributed by atoms with Gasteiger partial charge in [0, 0.05) is 18.0 Å². The van der Waals surface area contributed by atoms with Crippen molar-refractivity contribution in [1.82, 2.24) is 15.0 Å². The minimum atomic E-state index is -0.476. The van der Waals surface area contributed by atoms with Crippen molar-refractivity contribution in [2.24, 2.45) is 12.8 Å². The van der Waals surface area contributed by atoms with Gasteiger partial charge in [0.1, 0.15) is 23.2 Å². The van der Waals surface area contributed by atoms with Crippen LogP contribution in [0.2, 0.25) is 0 Å². The van der Waals surface area contributed by atoms with Crippen LogP contribution in [0.25, 0.3) is 11.0 Å². The van der Waals surface area contributed by atoms with E-state index in [1.165, 1.54) is 12.1 Å². The van der Waals surface area contributed by atoms with Crippen molar-refractivity contribution in [2.75, 3.05) is 0 Å². The van der Waals surface area contributed by atoms with Gasteiger partial charge in [0.05, 0.1) is 11.9 Å². The molecule has 1 atom stereocenters. The largest absolute Gasteiger partial charge is 0.459 e.